The number of hydrogen-bond donors (Lipinski definition) is 1. The molecule has 1 N–H and O–H groups in total. The summed E-state index contributed by atoms with van der Waals surface area (Å²) >= 11 is 0. The van der Waals surface area contributed by atoms with Gasteiger partial charge in [-0.05, 0) is 24.3 Å². The molecule has 0 aliphatic heterocycles. The van der Waals surface area contributed by atoms with Crippen molar-refractivity contribution in [1.82, 2.24) is 19.8 Å². The van der Waals surface area contributed by atoms with Gasteiger partial charge in [0.1, 0.15) is 12.1 Å². The number of hydrazone groups is 1. The quantitative estimate of drug-likeness (QED) is 0.574. The summed E-state index contributed by atoms with van der Waals surface area (Å²) in [6.45, 7) is 0. The zero-order chi connectivity index (χ0) is 13.8. The molecule has 0 amide bonds. The van der Waals surface area contributed by atoms with Crippen molar-refractivity contribution in [2.45, 2.75) is 0 Å². The van der Waals surface area contributed by atoms with Gasteiger partial charge >= 0.3 is 0 Å². The monoisotopic (exact) mass is 268 g/mol. The van der Waals surface area contributed by atoms with Gasteiger partial charge in [0.15, 0.2) is 11.5 Å². The van der Waals surface area contributed by atoms with Crippen LogP contribution in [-0.4, -0.2) is 33.1 Å². The van der Waals surface area contributed by atoms with Crippen LogP contribution < -0.4 is 10.2 Å². The van der Waals surface area contributed by atoms with Gasteiger partial charge in [0.2, 0.25) is 0 Å². The molecule has 100 valence electrons. The van der Waals surface area contributed by atoms with Crippen molar-refractivity contribution in [1.29, 1.82) is 0 Å². The molecule has 3 aromatic rings. The zero-order valence-electron chi connectivity index (χ0n) is 10.8. The molecule has 7 heteroatoms. The fraction of sp³-hybridized carbons (Fsp3) is 0.0769. The molecule has 7 nitrogen and oxygen atoms in total. The molecule has 0 aliphatic carbocycles. The average molecular weight is 268 g/mol. The van der Waals surface area contributed by atoms with E-state index in [-0.39, 0.29) is 0 Å². The second-order valence-corrected chi connectivity index (χ2v) is 3.96. The molecular weight excluding hydrogens is 256 g/mol. The summed E-state index contributed by atoms with van der Waals surface area (Å²) in [6.07, 6.45) is 3.21. The largest absolute Gasteiger partial charge is 0.496 e. The molecule has 2 aromatic heterocycles. The van der Waals surface area contributed by atoms with Gasteiger partial charge in [-0.1, -0.05) is 12.1 Å². The van der Waals surface area contributed by atoms with Gasteiger partial charge in [0.05, 0.1) is 13.3 Å². The summed E-state index contributed by atoms with van der Waals surface area (Å²) in [4.78, 5) is 0. The molecule has 0 bridgehead atoms. The number of benzene rings is 1. The van der Waals surface area contributed by atoms with E-state index in [9.17, 15) is 0 Å². The summed E-state index contributed by atoms with van der Waals surface area (Å²) in [5.74, 6) is 1.36. The summed E-state index contributed by atoms with van der Waals surface area (Å²) < 4.78 is 6.81. The topological polar surface area (TPSA) is 76.7 Å². The Hall–Kier alpha value is -2.96. The standard InChI is InChI=1S/C13H12N6O/c1-20-11-5-3-2-4-10(11)8-14-16-12-6-7-13-17-15-9-19(13)18-12/h2-9H,1H3,(H,16,18). The number of rotatable bonds is 4. The van der Waals surface area contributed by atoms with Gasteiger partial charge in [-0.3, -0.25) is 5.43 Å². The van der Waals surface area contributed by atoms with Gasteiger partial charge < -0.3 is 4.74 Å². The first-order valence-electron chi connectivity index (χ1n) is 5.96. The predicted molar refractivity (Wildman–Crippen MR) is 75.0 cm³/mol. The van der Waals surface area contributed by atoms with Crippen molar-refractivity contribution in [3.63, 3.8) is 0 Å². The van der Waals surface area contributed by atoms with Gasteiger partial charge in [-0.2, -0.15) is 9.62 Å². The summed E-state index contributed by atoms with van der Waals surface area (Å²) in [5, 5.41) is 16.0. The Labute approximate surface area is 114 Å². The number of anilines is 1. The number of nitrogens with one attached hydrogen (secondary N) is 1. The third-order valence-electron chi connectivity index (χ3n) is 2.68. The Kier molecular flexibility index (Phi) is 3.24. The summed E-state index contributed by atoms with van der Waals surface area (Å²) in [5.41, 5.74) is 4.42. The highest BCUT2D eigenvalue weighted by Gasteiger charge is 1.99. The highest BCUT2D eigenvalue weighted by atomic mass is 16.5. The van der Waals surface area contributed by atoms with Crippen molar-refractivity contribution >= 4 is 17.7 Å². The third-order valence-corrected chi connectivity index (χ3v) is 2.68. The van der Waals surface area contributed by atoms with Crippen LogP contribution in [-0.2, 0) is 0 Å². The third kappa shape index (κ3) is 2.41. The van der Waals surface area contributed by atoms with E-state index in [1.54, 1.807) is 30.0 Å². The zero-order valence-corrected chi connectivity index (χ0v) is 10.8. The van der Waals surface area contributed by atoms with Gasteiger partial charge in [-0.25, -0.2) is 0 Å². The Morgan fingerprint density at radius 3 is 3.05 bits per heavy atom. The lowest BCUT2D eigenvalue weighted by atomic mass is 10.2. The molecular formula is C13H12N6O. The molecule has 0 saturated heterocycles. The van der Waals surface area contributed by atoms with Gasteiger partial charge in [0, 0.05) is 5.56 Å². The Balaban J connectivity index is 1.76. The van der Waals surface area contributed by atoms with Crippen LogP contribution in [0.25, 0.3) is 5.65 Å². The van der Waals surface area contributed by atoms with Crippen molar-refractivity contribution in [3.8, 4) is 5.75 Å². The van der Waals surface area contributed by atoms with E-state index in [0.717, 1.165) is 11.3 Å². The van der Waals surface area contributed by atoms with E-state index >= 15 is 0 Å². The van der Waals surface area contributed by atoms with Crippen molar-refractivity contribution in [3.05, 3.63) is 48.3 Å². The fourth-order valence-corrected chi connectivity index (χ4v) is 1.73. The number of para-hydroxylation sites is 1. The van der Waals surface area contributed by atoms with E-state index in [2.05, 4.69) is 25.8 Å². The number of methoxy groups -OCH3 is 1. The molecule has 0 fully saturated rings. The maximum Gasteiger partial charge on any atom is 0.177 e. The Morgan fingerprint density at radius 1 is 1.25 bits per heavy atom. The minimum atomic E-state index is 0.600. The van der Waals surface area contributed by atoms with Crippen LogP contribution in [0.1, 0.15) is 5.56 Å². The Bertz CT molecular complexity index is 751. The molecule has 0 aliphatic rings. The van der Waals surface area contributed by atoms with E-state index < -0.39 is 0 Å². The smallest absolute Gasteiger partial charge is 0.177 e. The van der Waals surface area contributed by atoms with Crippen LogP contribution in [0.15, 0.2) is 47.8 Å². The SMILES string of the molecule is COc1ccccc1C=NNc1ccc2nncn2n1. The maximum atomic E-state index is 5.24. The van der Waals surface area contributed by atoms with Crippen molar-refractivity contribution < 1.29 is 4.74 Å². The second-order valence-electron chi connectivity index (χ2n) is 3.96. The average Bonchev–Trinajstić information content (AvgIpc) is 2.95. The molecule has 1 aromatic carbocycles. The van der Waals surface area contributed by atoms with E-state index in [1.165, 1.54) is 6.33 Å². The molecule has 0 radical (unpaired) electrons. The first-order valence-corrected chi connectivity index (χ1v) is 5.96. The predicted octanol–water partition coefficient (Wildman–Crippen LogP) is 1.58. The fourth-order valence-electron chi connectivity index (χ4n) is 1.73. The molecule has 20 heavy (non-hydrogen) atoms. The van der Waals surface area contributed by atoms with Crippen molar-refractivity contribution in [2.75, 3.05) is 12.5 Å². The summed E-state index contributed by atoms with van der Waals surface area (Å²) in [6, 6.07) is 11.2. The van der Waals surface area contributed by atoms with Crippen LogP contribution in [0.4, 0.5) is 5.82 Å². The molecule has 0 saturated carbocycles. The Morgan fingerprint density at radius 2 is 2.15 bits per heavy atom. The second kappa shape index (κ2) is 5.35. The molecule has 0 unspecified atom stereocenters. The van der Waals surface area contributed by atoms with Gasteiger partial charge in [0.25, 0.3) is 0 Å². The number of aromatic nitrogens is 4. The molecule has 0 spiro atoms. The van der Waals surface area contributed by atoms with Crippen LogP contribution in [0.3, 0.4) is 0 Å². The highest BCUT2D eigenvalue weighted by molar-refractivity contribution is 5.83. The number of nitrogens with zero attached hydrogens (tertiary/aromatic N) is 5. The molecule has 3 rings (SSSR count). The first-order chi connectivity index (χ1) is 9.86. The van der Waals surface area contributed by atoms with E-state index in [1.807, 2.05) is 24.3 Å². The van der Waals surface area contributed by atoms with Crippen LogP contribution in [0.5, 0.6) is 5.75 Å². The van der Waals surface area contributed by atoms with Crippen LogP contribution >= 0.6 is 0 Å². The number of fused-ring (bicyclic) bond motifs is 1. The number of ether oxygens (including phenoxy) is 1. The normalized spacial score (nSPS) is 11.1. The minimum absolute atomic E-state index is 0.600. The minimum Gasteiger partial charge on any atom is -0.496 e. The first kappa shape index (κ1) is 12.1. The van der Waals surface area contributed by atoms with E-state index in [4.69, 9.17) is 4.74 Å². The lowest BCUT2D eigenvalue weighted by Crippen LogP contribution is -1.98. The highest BCUT2D eigenvalue weighted by Crippen LogP contribution is 2.14. The lowest BCUT2D eigenvalue weighted by Gasteiger charge is -2.03. The number of hydrogen-bond acceptors (Lipinski definition) is 6. The van der Waals surface area contributed by atoms with Crippen LogP contribution in [0.2, 0.25) is 0 Å². The molecule has 2 heterocycles. The van der Waals surface area contributed by atoms with Gasteiger partial charge in [-0.15, -0.1) is 15.3 Å². The summed E-state index contributed by atoms with van der Waals surface area (Å²) in [7, 11) is 1.63. The maximum absolute atomic E-state index is 5.24. The van der Waals surface area contributed by atoms with E-state index in [0.29, 0.717) is 11.5 Å². The van der Waals surface area contributed by atoms with Crippen molar-refractivity contribution in [2.24, 2.45) is 5.10 Å². The van der Waals surface area contributed by atoms with Crippen LogP contribution in [0, 0.1) is 0 Å². The lowest BCUT2D eigenvalue weighted by molar-refractivity contribution is 0.414. The molecule has 0 atom stereocenters.